The Kier molecular flexibility index (Phi) is 1.87. The molecule has 2 rings (SSSR count). The molecule has 0 amide bonds. The number of aromatic nitrogens is 4. The van der Waals surface area contributed by atoms with Gasteiger partial charge < -0.3 is 0 Å². The third-order valence-electron chi connectivity index (χ3n) is 1.35. The van der Waals surface area contributed by atoms with Crippen molar-refractivity contribution in [1.29, 1.82) is 0 Å². The lowest BCUT2D eigenvalue weighted by Gasteiger charge is -1.94. The number of hydrogen-bond acceptors (Lipinski definition) is 3. The number of rotatable bonds is 1. The zero-order valence-electron chi connectivity index (χ0n) is 6.05. The van der Waals surface area contributed by atoms with Crippen LogP contribution in [0.4, 0.5) is 0 Å². The van der Waals surface area contributed by atoms with E-state index in [0.717, 1.165) is 5.82 Å². The summed E-state index contributed by atoms with van der Waals surface area (Å²) in [5.74, 6) is 0.760. The van der Waals surface area contributed by atoms with Crippen molar-refractivity contribution in [3.8, 4) is 5.82 Å². The van der Waals surface area contributed by atoms with Crippen molar-refractivity contribution in [3.63, 3.8) is 0 Å². The van der Waals surface area contributed by atoms with Crippen LogP contribution < -0.4 is 0 Å². The first-order valence-electron chi connectivity index (χ1n) is 3.35. The van der Waals surface area contributed by atoms with Gasteiger partial charge in [-0.05, 0) is 28.1 Å². The van der Waals surface area contributed by atoms with Gasteiger partial charge in [-0.25, -0.2) is 9.67 Å². The van der Waals surface area contributed by atoms with Crippen molar-refractivity contribution >= 4 is 15.9 Å². The van der Waals surface area contributed by atoms with Crippen LogP contribution in [0.15, 0.2) is 35.2 Å². The summed E-state index contributed by atoms with van der Waals surface area (Å²) in [6.07, 6.45) is 3.47. The zero-order chi connectivity index (χ0) is 8.39. The summed E-state index contributed by atoms with van der Waals surface area (Å²) in [6.45, 7) is 0. The maximum absolute atomic E-state index is 4.10. The quantitative estimate of drug-likeness (QED) is 0.737. The Hall–Kier alpha value is -1.23. The van der Waals surface area contributed by atoms with Gasteiger partial charge in [0.1, 0.15) is 4.60 Å². The number of pyridine rings is 1. The molecular weight excluding hydrogens is 220 g/mol. The fraction of sp³-hybridized carbons (Fsp3) is 0. The molecule has 0 saturated carbocycles. The summed E-state index contributed by atoms with van der Waals surface area (Å²) in [6, 6.07) is 5.62. The van der Waals surface area contributed by atoms with Crippen LogP contribution in [0.2, 0.25) is 0 Å². The predicted octanol–water partition coefficient (Wildman–Crippen LogP) is 1.42. The van der Waals surface area contributed by atoms with E-state index in [4.69, 9.17) is 0 Å². The highest BCUT2D eigenvalue weighted by molar-refractivity contribution is 9.10. The lowest BCUT2D eigenvalue weighted by Crippen LogP contribution is -1.96. The summed E-state index contributed by atoms with van der Waals surface area (Å²) in [4.78, 5) is 4.10. The van der Waals surface area contributed by atoms with E-state index in [1.807, 2.05) is 18.2 Å². The van der Waals surface area contributed by atoms with Crippen LogP contribution in [-0.4, -0.2) is 20.0 Å². The molecule has 0 aliphatic carbocycles. The van der Waals surface area contributed by atoms with Crippen LogP contribution in [0.5, 0.6) is 0 Å². The molecule has 0 bridgehead atoms. The maximum Gasteiger partial charge on any atom is 0.155 e. The molecule has 2 heterocycles. The van der Waals surface area contributed by atoms with Crippen molar-refractivity contribution in [3.05, 3.63) is 35.2 Å². The topological polar surface area (TPSA) is 43.6 Å². The third kappa shape index (κ3) is 1.35. The Morgan fingerprint density at radius 1 is 1.33 bits per heavy atom. The van der Waals surface area contributed by atoms with Gasteiger partial charge >= 0.3 is 0 Å². The van der Waals surface area contributed by atoms with E-state index in [-0.39, 0.29) is 0 Å². The average molecular weight is 225 g/mol. The predicted molar refractivity (Wildman–Crippen MR) is 46.9 cm³/mol. The normalized spacial score (nSPS) is 10.1. The minimum Gasteiger partial charge on any atom is -0.237 e. The summed E-state index contributed by atoms with van der Waals surface area (Å²) in [5.41, 5.74) is 0. The maximum atomic E-state index is 4.10. The van der Waals surface area contributed by atoms with Gasteiger partial charge in [-0.15, -0.1) is 5.10 Å². The van der Waals surface area contributed by atoms with Gasteiger partial charge in [0, 0.05) is 6.20 Å². The molecule has 0 saturated heterocycles. The van der Waals surface area contributed by atoms with E-state index in [9.17, 15) is 0 Å². The molecular formula is C7H5BrN4. The molecule has 60 valence electrons. The van der Waals surface area contributed by atoms with Gasteiger partial charge in [0.2, 0.25) is 0 Å². The Morgan fingerprint density at radius 3 is 2.83 bits per heavy atom. The van der Waals surface area contributed by atoms with Gasteiger partial charge in [-0.3, -0.25) is 0 Å². The fourth-order valence-corrected chi connectivity index (χ4v) is 1.11. The van der Waals surface area contributed by atoms with E-state index < -0.39 is 0 Å². The van der Waals surface area contributed by atoms with E-state index in [1.165, 1.54) is 0 Å². The van der Waals surface area contributed by atoms with Gasteiger partial charge in [-0.1, -0.05) is 11.3 Å². The third-order valence-corrected chi connectivity index (χ3v) is 1.71. The Balaban J connectivity index is 2.45. The van der Waals surface area contributed by atoms with Crippen LogP contribution >= 0.6 is 15.9 Å². The monoisotopic (exact) mass is 224 g/mol. The lowest BCUT2D eigenvalue weighted by atomic mass is 10.5. The zero-order valence-corrected chi connectivity index (χ0v) is 7.64. The van der Waals surface area contributed by atoms with Crippen LogP contribution in [0, 0.1) is 0 Å². The van der Waals surface area contributed by atoms with Crippen LogP contribution in [0.3, 0.4) is 0 Å². The summed E-state index contributed by atoms with van der Waals surface area (Å²) < 4.78 is 2.30. The van der Waals surface area contributed by atoms with Crippen molar-refractivity contribution in [2.45, 2.75) is 0 Å². The van der Waals surface area contributed by atoms with E-state index in [1.54, 1.807) is 17.1 Å². The molecule has 0 aliphatic heterocycles. The lowest BCUT2D eigenvalue weighted by molar-refractivity contribution is 0.780. The minimum absolute atomic E-state index is 0.702. The van der Waals surface area contributed by atoms with Gasteiger partial charge in [0.25, 0.3) is 0 Å². The second-order valence-electron chi connectivity index (χ2n) is 2.17. The highest BCUT2D eigenvalue weighted by Crippen LogP contribution is 2.06. The molecule has 0 aromatic carbocycles. The van der Waals surface area contributed by atoms with Gasteiger partial charge in [0.05, 0.1) is 6.20 Å². The standard InChI is InChI=1S/C7H5BrN4/c8-6-5-12(11-10-6)7-3-1-2-4-9-7/h1-5H. The Morgan fingerprint density at radius 2 is 2.25 bits per heavy atom. The minimum atomic E-state index is 0.702. The smallest absolute Gasteiger partial charge is 0.155 e. The first-order chi connectivity index (χ1) is 5.86. The van der Waals surface area contributed by atoms with Gasteiger partial charge in [0.15, 0.2) is 5.82 Å². The Bertz CT molecular complexity index is 370. The molecule has 2 aromatic heterocycles. The first-order valence-corrected chi connectivity index (χ1v) is 4.15. The van der Waals surface area contributed by atoms with E-state index in [0.29, 0.717) is 4.60 Å². The van der Waals surface area contributed by atoms with Crippen molar-refractivity contribution in [2.75, 3.05) is 0 Å². The summed E-state index contributed by atoms with van der Waals surface area (Å²) in [5, 5.41) is 7.63. The molecule has 0 unspecified atom stereocenters. The molecule has 0 fully saturated rings. The number of hydrogen-bond donors (Lipinski definition) is 0. The highest BCUT2D eigenvalue weighted by atomic mass is 79.9. The number of nitrogens with zero attached hydrogens (tertiary/aromatic N) is 4. The van der Waals surface area contributed by atoms with Crippen molar-refractivity contribution in [1.82, 2.24) is 20.0 Å². The molecule has 0 spiro atoms. The van der Waals surface area contributed by atoms with E-state index in [2.05, 4.69) is 31.2 Å². The first kappa shape index (κ1) is 7.42. The largest absolute Gasteiger partial charge is 0.237 e. The van der Waals surface area contributed by atoms with Crippen LogP contribution in [0.1, 0.15) is 0 Å². The fourth-order valence-electron chi connectivity index (χ4n) is 0.845. The second-order valence-corrected chi connectivity index (χ2v) is 2.99. The SMILES string of the molecule is Brc1cn(-c2ccccn2)nn1. The number of halogens is 1. The van der Waals surface area contributed by atoms with E-state index >= 15 is 0 Å². The molecule has 0 radical (unpaired) electrons. The summed E-state index contributed by atoms with van der Waals surface area (Å²) in [7, 11) is 0. The van der Waals surface area contributed by atoms with Crippen molar-refractivity contribution < 1.29 is 0 Å². The van der Waals surface area contributed by atoms with Crippen LogP contribution in [-0.2, 0) is 0 Å². The molecule has 0 atom stereocenters. The molecule has 0 aliphatic rings. The molecule has 5 heteroatoms. The van der Waals surface area contributed by atoms with Crippen LogP contribution in [0.25, 0.3) is 5.82 Å². The van der Waals surface area contributed by atoms with Gasteiger partial charge in [-0.2, -0.15) is 0 Å². The Labute approximate surface area is 77.4 Å². The molecule has 2 aromatic rings. The average Bonchev–Trinajstić information content (AvgIpc) is 2.54. The molecule has 4 nitrogen and oxygen atoms in total. The molecule has 12 heavy (non-hydrogen) atoms. The summed E-state index contributed by atoms with van der Waals surface area (Å²) >= 11 is 3.21. The van der Waals surface area contributed by atoms with Crippen molar-refractivity contribution in [2.24, 2.45) is 0 Å². The molecule has 0 N–H and O–H groups in total. The highest BCUT2D eigenvalue weighted by Gasteiger charge is 1.98. The second kappa shape index (κ2) is 3.02.